The normalized spacial score (nSPS) is 20.1. The Kier molecular flexibility index (Phi) is 7.75. The number of carbonyl (C=O) groups is 3. The van der Waals surface area contributed by atoms with Crippen molar-refractivity contribution in [3.05, 3.63) is 131 Å². The van der Waals surface area contributed by atoms with E-state index in [1.54, 1.807) is 6.08 Å². The van der Waals surface area contributed by atoms with Crippen LogP contribution >= 0.6 is 11.8 Å². The Morgan fingerprint density at radius 2 is 1.53 bits per heavy atom. The lowest BCUT2D eigenvalue weighted by molar-refractivity contribution is -0.165. The van der Waals surface area contributed by atoms with Crippen LogP contribution in [0.25, 0.3) is 0 Å². The van der Waals surface area contributed by atoms with E-state index < -0.39 is 24.2 Å². The fourth-order valence-corrected chi connectivity index (χ4v) is 6.04. The predicted octanol–water partition coefficient (Wildman–Crippen LogP) is 4.79. The van der Waals surface area contributed by atoms with Crippen LogP contribution in [0.4, 0.5) is 0 Å². The lowest BCUT2D eigenvalue weighted by atomic mass is 9.95. The Bertz CT molecular complexity index is 1300. The minimum absolute atomic E-state index is 0.181. The van der Waals surface area contributed by atoms with Gasteiger partial charge in [0.05, 0.1) is 6.42 Å². The molecule has 0 aromatic heterocycles. The number of thioether (sulfide) groups is 1. The van der Waals surface area contributed by atoms with Crippen LogP contribution in [0.15, 0.2) is 115 Å². The number of nitrogens with one attached hydrogen (secondary N) is 1. The van der Waals surface area contributed by atoms with Crippen molar-refractivity contribution in [2.24, 2.45) is 0 Å². The van der Waals surface area contributed by atoms with Crippen molar-refractivity contribution in [1.29, 1.82) is 0 Å². The molecule has 192 valence electrons. The summed E-state index contributed by atoms with van der Waals surface area (Å²) in [5.41, 5.74) is 3.29. The number of nitrogens with zero attached hydrogens (tertiary/aromatic N) is 1. The Hall–Kier alpha value is -4.10. The van der Waals surface area contributed by atoms with Crippen LogP contribution < -0.4 is 5.32 Å². The molecule has 0 spiro atoms. The van der Waals surface area contributed by atoms with Crippen LogP contribution in [-0.4, -0.2) is 40.1 Å². The van der Waals surface area contributed by atoms with Gasteiger partial charge in [-0.15, -0.1) is 18.3 Å². The summed E-state index contributed by atoms with van der Waals surface area (Å²) >= 11 is 1.43. The van der Waals surface area contributed by atoms with Crippen LogP contribution in [0.5, 0.6) is 0 Å². The van der Waals surface area contributed by atoms with Crippen molar-refractivity contribution >= 4 is 29.5 Å². The average molecular weight is 525 g/mol. The number of benzene rings is 3. The van der Waals surface area contributed by atoms with Crippen LogP contribution in [-0.2, 0) is 25.5 Å². The molecule has 7 heteroatoms. The highest BCUT2D eigenvalue weighted by molar-refractivity contribution is 8.02. The van der Waals surface area contributed by atoms with Crippen molar-refractivity contribution in [3.8, 4) is 0 Å². The summed E-state index contributed by atoms with van der Waals surface area (Å²) in [6, 6.07) is 26.9. The molecule has 38 heavy (non-hydrogen) atoms. The van der Waals surface area contributed by atoms with Gasteiger partial charge in [0.15, 0.2) is 12.1 Å². The van der Waals surface area contributed by atoms with Gasteiger partial charge in [-0.25, -0.2) is 4.79 Å². The summed E-state index contributed by atoms with van der Waals surface area (Å²) in [4.78, 5) is 41.3. The average Bonchev–Trinajstić information content (AvgIpc) is 2.96. The molecule has 5 rings (SSSR count). The molecule has 1 fully saturated rings. The van der Waals surface area contributed by atoms with E-state index in [1.165, 1.54) is 16.7 Å². The standard InChI is InChI=1S/C31H28N2O4S/c1-2-12-24-20-38-30-26(32-25(34)19-21-13-6-3-7-14-21)29(35)33(30)27(24)31(36)37-28(22-15-8-4-9-16-22)23-17-10-5-11-18-23/h2-11,13-18,20,26-28,30H,1,12,19H2,(H,32,34)/t26?,27?,30-/m0/s1. The molecule has 2 amide bonds. The number of amides is 2. The van der Waals surface area contributed by atoms with Gasteiger partial charge in [0.25, 0.3) is 0 Å². The topological polar surface area (TPSA) is 75.7 Å². The quantitative estimate of drug-likeness (QED) is 0.248. The molecular formula is C31H28N2O4S. The number of carbonyl (C=O) groups excluding carboxylic acids is 3. The summed E-state index contributed by atoms with van der Waals surface area (Å²) in [5, 5.41) is 4.37. The maximum atomic E-state index is 13.8. The van der Waals surface area contributed by atoms with Gasteiger partial charge in [-0.3, -0.25) is 9.59 Å². The Morgan fingerprint density at radius 3 is 2.11 bits per heavy atom. The lowest BCUT2D eigenvalue weighted by Crippen LogP contribution is -2.74. The number of fused-ring (bicyclic) bond motifs is 1. The SMILES string of the molecule is C=CCC1=CS[C@H]2C(NC(=O)Cc3ccccc3)C(=O)N2C1C(=O)OC(c1ccccc1)c1ccccc1. The zero-order valence-electron chi connectivity index (χ0n) is 20.7. The van der Waals surface area contributed by atoms with Gasteiger partial charge in [0.1, 0.15) is 11.4 Å². The van der Waals surface area contributed by atoms with Gasteiger partial charge < -0.3 is 15.0 Å². The van der Waals surface area contributed by atoms with Crippen LogP contribution in [0.1, 0.15) is 29.2 Å². The van der Waals surface area contributed by atoms with E-state index in [2.05, 4.69) is 11.9 Å². The second-order valence-electron chi connectivity index (χ2n) is 9.21. The number of allylic oxidation sites excluding steroid dienone is 1. The number of rotatable bonds is 9. The third kappa shape index (κ3) is 5.29. The molecule has 2 unspecified atom stereocenters. The Morgan fingerprint density at radius 1 is 0.947 bits per heavy atom. The minimum Gasteiger partial charge on any atom is -0.451 e. The van der Waals surface area contributed by atoms with Gasteiger partial charge in [0.2, 0.25) is 11.8 Å². The van der Waals surface area contributed by atoms with Crippen molar-refractivity contribution < 1.29 is 19.1 Å². The van der Waals surface area contributed by atoms with E-state index in [1.807, 2.05) is 96.4 Å². The molecule has 2 aliphatic rings. The van der Waals surface area contributed by atoms with E-state index in [4.69, 9.17) is 4.74 Å². The molecule has 0 bridgehead atoms. The molecule has 1 saturated heterocycles. The number of esters is 1. The molecule has 0 radical (unpaired) electrons. The van der Waals surface area contributed by atoms with Crippen LogP contribution in [0, 0.1) is 0 Å². The number of hydrogen-bond acceptors (Lipinski definition) is 5. The highest BCUT2D eigenvalue weighted by Crippen LogP contribution is 2.42. The number of β-lactam (4-membered cyclic amide) rings is 1. The summed E-state index contributed by atoms with van der Waals surface area (Å²) in [6.07, 6.45) is 1.71. The minimum atomic E-state index is -0.885. The molecule has 0 aliphatic carbocycles. The summed E-state index contributed by atoms with van der Waals surface area (Å²) in [7, 11) is 0. The molecule has 2 aliphatic heterocycles. The monoisotopic (exact) mass is 524 g/mol. The molecule has 6 nitrogen and oxygen atoms in total. The van der Waals surface area contributed by atoms with Gasteiger partial charge in [-0.2, -0.15) is 0 Å². The maximum absolute atomic E-state index is 13.8. The summed E-state index contributed by atoms with van der Waals surface area (Å²) in [5.74, 6) is -1.04. The highest BCUT2D eigenvalue weighted by atomic mass is 32.2. The molecular weight excluding hydrogens is 496 g/mol. The highest BCUT2D eigenvalue weighted by Gasteiger charge is 2.56. The lowest BCUT2D eigenvalue weighted by Gasteiger charge is -2.51. The first-order valence-corrected chi connectivity index (χ1v) is 13.4. The van der Waals surface area contributed by atoms with E-state index in [0.717, 1.165) is 22.3 Å². The maximum Gasteiger partial charge on any atom is 0.334 e. The fourth-order valence-electron chi connectivity index (χ4n) is 4.80. The van der Waals surface area contributed by atoms with Gasteiger partial charge in [0, 0.05) is 0 Å². The summed E-state index contributed by atoms with van der Waals surface area (Å²) in [6.45, 7) is 3.82. The first kappa shape index (κ1) is 25.5. The second-order valence-corrected chi connectivity index (χ2v) is 10.2. The van der Waals surface area contributed by atoms with E-state index in [9.17, 15) is 14.4 Å². The van der Waals surface area contributed by atoms with Crippen molar-refractivity contribution in [3.63, 3.8) is 0 Å². The Balaban J connectivity index is 1.36. The van der Waals surface area contributed by atoms with Crippen molar-refractivity contribution in [2.75, 3.05) is 0 Å². The molecule has 1 N–H and O–H groups in total. The predicted molar refractivity (Wildman–Crippen MR) is 148 cm³/mol. The smallest absolute Gasteiger partial charge is 0.334 e. The fraction of sp³-hybridized carbons (Fsp3) is 0.194. The van der Waals surface area contributed by atoms with E-state index in [-0.39, 0.29) is 23.6 Å². The third-order valence-corrected chi connectivity index (χ3v) is 7.85. The van der Waals surface area contributed by atoms with Gasteiger partial charge in [-0.05, 0) is 34.1 Å². The summed E-state index contributed by atoms with van der Waals surface area (Å²) < 4.78 is 6.13. The van der Waals surface area contributed by atoms with E-state index in [0.29, 0.717) is 6.42 Å². The van der Waals surface area contributed by atoms with Crippen LogP contribution in [0.2, 0.25) is 0 Å². The third-order valence-electron chi connectivity index (χ3n) is 6.63. The zero-order chi connectivity index (χ0) is 26.5. The number of ether oxygens (including phenoxy) is 1. The van der Waals surface area contributed by atoms with Gasteiger partial charge >= 0.3 is 5.97 Å². The molecule has 0 saturated carbocycles. The van der Waals surface area contributed by atoms with Crippen molar-refractivity contribution in [1.82, 2.24) is 10.2 Å². The zero-order valence-corrected chi connectivity index (χ0v) is 21.6. The van der Waals surface area contributed by atoms with Crippen LogP contribution in [0.3, 0.4) is 0 Å². The first-order valence-electron chi connectivity index (χ1n) is 12.5. The first-order chi connectivity index (χ1) is 18.6. The molecule has 3 aromatic carbocycles. The molecule has 2 heterocycles. The van der Waals surface area contributed by atoms with Gasteiger partial charge in [-0.1, -0.05) is 97.1 Å². The molecule has 3 atom stereocenters. The Labute approximate surface area is 226 Å². The largest absolute Gasteiger partial charge is 0.451 e. The molecule has 3 aromatic rings. The van der Waals surface area contributed by atoms with Crippen molar-refractivity contribution in [2.45, 2.75) is 36.4 Å². The van der Waals surface area contributed by atoms with E-state index >= 15 is 0 Å². The second kappa shape index (κ2) is 11.5. The number of hydrogen-bond donors (Lipinski definition) is 1.